The van der Waals surface area contributed by atoms with Crippen LogP contribution in [0.5, 0.6) is 11.5 Å². The first kappa shape index (κ1) is 18.3. The number of hydrogen-bond acceptors (Lipinski definition) is 4. The van der Waals surface area contributed by atoms with Crippen LogP contribution in [0.15, 0.2) is 48.5 Å². The number of carbonyl (C=O) groups is 2. The Labute approximate surface area is 147 Å². The molecule has 6 heteroatoms. The van der Waals surface area contributed by atoms with E-state index in [9.17, 15) is 9.59 Å². The first-order valence-corrected chi connectivity index (χ1v) is 8.08. The predicted octanol–water partition coefficient (Wildman–Crippen LogP) is 2.85. The van der Waals surface area contributed by atoms with Gasteiger partial charge < -0.3 is 20.1 Å². The number of methoxy groups -OCH3 is 1. The van der Waals surface area contributed by atoms with Crippen LogP contribution >= 0.6 is 0 Å². The van der Waals surface area contributed by atoms with E-state index in [2.05, 4.69) is 10.6 Å². The smallest absolute Gasteiger partial charge is 0.262 e. The van der Waals surface area contributed by atoms with Crippen molar-refractivity contribution in [2.75, 3.05) is 25.6 Å². The number of amides is 2. The summed E-state index contributed by atoms with van der Waals surface area (Å²) < 4.78 is 10.6. The molecule has 6 nitrogen and oxygen atoms in total. The first-order valence-electron chi connectivity index (χ1n) is 8.08. The summed E-state index contributed by atoms with van der Waals surface area (Å²) in [7, 11) is 1.54. The molecule has 0 aliphatic rings. The van der Waals surface area contributed by atoms with Gasteiger partial charge in [0, 0.05) is 17.8 Å². The third-order valence-electron chi connectivity index (χ3n) is 3.39. The molecular weight excluding hydrogens is 320 g/mol. The third-order valence-corrected chi connectivity index (χ3v) is 3.39. The molecule has 0 radical (unpaired) electrons. The van der Waals surface area contributed by atoms with Gasteiger partial charge in [-0.2, -0.15) is 0 Å². The maximum Gasteiger partial charge on any atom is 0.262 e. The molecule has 0 aromatic heterocycles. The van der Waals surface area contributed by atoms with E-state index in [0.29, 0.717) is 29.3 Å². The Morgan fingerprint density at radius 2 is 1.68 bits per heavy atom. The lowest BCUT2D eigenvalue weighted by Gasteiger charge is -2.11. The maximum absolute atomic E-state index is 12.0. The summed E-state index contributed by atoms with van der Waals surface area (Å²) in [5.41, 5.74) is 1.15. The Morgan fingerprint density at radius 1 is 1.00 bits per heavy atom. The highest BCUT2D eigenvalue weighted by molar-refractivity contribution is 5.96. The molecule has 0 aliphatic heterocycles. The third kappa shape index (κ3) is 5.53. The number of rotatable bonds is 8. The zero-order valence-corrected chi connectivity index (χ0v) is 14.4. The number of ether oxygens (including phenoxy) is 2. The summed E-state index contributed by atoms with van der Waals surface area (Å²) in [6.07, 6.45) is 0.881. The van der Waals surface area contributed by atoms with Gasteiger partial charge in [-0.3, -0.25) is 9.59 Å². The van der Waals surface area contributed by atoms with Crippen molar-refractivity contribution in [3.63, 3.8) is 0 Å². The van der Waals surface area contributed by atoms with E-state index in [-0.39, 0.29) is 18.4 Å². The average Bonchev–Trinajstić information content (AvgIpc) is 2.65. The van der Waals surface area contributed by atoms with E-state index in [0.717, 1.165) is 6.42 Å². The van der Waals surface area contributed by atoms with Crippen LogP contribution in [-0.4, -0.2) is 32.1 Å². The monoisotopic (exact) mass is 342 g/mol. The van der Waals surface area contributed by atoms with Crippen molar-refractivity contribution in [1.82, 2.24) is 5.32 Å². The molecule has 0 bridgehead atoms. The normalized spacial score (nSPS) is 10.0. The number of anilines is 1. The Balaban J connectivity index is 1.87. The molecule has 0 aliphatic carbocycles. The van der Waals surface area contributed by atoms with Gasteiger partial charge >= 0.3 is 0 Å². The molecule has 0 fully saturated rings. The summed E-state index contributed by atoms with van der Waals surface area (Å²) in [5, 5.41) is 5.52. The van der Waals surface area contributed by atoms with E-state index in [1.165, 1.54) is 0 Å². The molecule has 0 unspecified atom stereocenters. The van der Waals surface area contributed by atoms with Gasteiger partial charge in [0.05, 0.1) is 7.11 Å². The second-order valence-corrected chi connectivity index (χ2v) is 5.32. The number of hydrogen-bond donors (Lipinski definition) is 2. The zero-order chi connectivity index (χ0) is 18.1. The quantitative estimate of drug-likeness (QED) is 0.773. The number of nitrogens with one attached hydrogen (secondary N) is 2. The molecule has 2 N–H and O–H groups in total. The Hall–Kier alpha value is -3.02. The topological polar surface area (TPSA) is 76.7 Å². The molecule has 0 saturated carbocycles. The molecule has 25 heavy (non-hydrogen) atoms. The average molecular weight is 342 g/mol. The van der Waals surface area contributed by atoms with Crippen LogP contribution in [0.4, 0.5) is 5.69 Å². The summed E-state index contributed by atoms with van der Waals surface area (Å²) >= 11 is 0. The van der Waals surface area contributed by atoms with Crippen molar-refractivity contribution in [2.45, 2.75) is 13.3 Å². The van der Waals surface area contributed by atoms with Crippen LogP contribution < -0.4 is 20.1 Å². The Kier molecular flexibility index (Phi) is 6.83. The molecule has 0 saturated heterocycles. The SMILES string of the molecule is CCCNC(=O)c1ccc(NC(=O)COc2ccccc2OC)cc1. The Bertz CT molecular complexity index is 714. The molecule has 2 rings (SSSR count). The van der Waals surface area contributed by atoms with Crippen molar-refractivity contribution < 1.29 is 19.1 Å². The van der Waals surface area contributed by atoms with Crippen LogP contribution in [0.2, 0.25) is 0 Å². The minimum absolute atomic E-state index is 0.126. The Morgan fingerprint density at radius 3 is 2.32 bits per heavy atom. The molecule has 2 aromatic rings. The number of para-hydroxylation sites is 2. The van der Waals surface area contributed by atoms with Gasteiger partial charge in [0.2, 0.25) is 0 Å². The fourth-order valence-corrected chi connectivity index (χ4v) is 2.12. The summed E-state index contributed by atoms with van der Waals surface area (Å²) in [6, 6.07) is 13.8. The van der Waals surface area contributed by atoms with Gasteiger partial charge in [0.1, 0.15) is 0 Å². The van der Waals surface area contributed by atoms with Crippen molar-refractivity contribution in [1.29, 1.82) is 0 Å². The minimum Gasteiger partial charge on any atom is -0.493 e. The lowest BCUT2D eigenvalue weighted by Crippen LogP contribution is -2.24. The van der Waals surface area contributed by atoms with Gasteiger partial charge in [-0.15, -0.1) is 0 Å². The lowest BCUT2D eigenvalue weighted by atomic mass is 10.2. The van der Waals surface area contributed by atoms with Crippen LogP contribution in [0, 0.1) is 0 Å². The molecule has 0 heterocycles. The molecular formula is C19H22N2O4. The number of benzene rings is 2. The first-order chi connectivity index (χ1) is 12.1. The largest absolute Gasteiger partial charge is 0.493 e. The molecule has 0 atom stereocenters. The van der Waals surface area contributed by atoms with Crippen molar-refractivity contribution in [3.05, 3.63) is 54.1 Å². The van der Waals surface area contributed by atoms with E-state index in [1.807, 2.05) is 13.0 Å². The summed E-state index contributed by atoms with van der Waals surface area (Å²) in [5.74, 6) is 0.647. The zero-order valence-electron chi connectivity index (χ0n) is 14.4. The standard InChI is InChI=1S/C19H22N2O4/c1-3-12-20-19(23)14-8-10-15(11-9-14)21-18(22)13-25-17-7-5-4-6-16(17)24-2/h4-11H,3,12-13H2,1-2H3,(H,20,23)(H,21,22). The van der Waals surface area contributed by atoms with Gasteiger partial charge in [-0.05, 0) is 42.8 Å². The second-order valence-electron chi connectivity index (χ2n) is 5.32. The van der Waals surface area contributed by atoms with Crippen LogP contribution in [0.25, 0.3) is 0 Å². The summed E-state index contributed by atoms with van der Waals surface area (Å²) in [4.78, 5) is 23.8. The van der Waals surface area contributed by atoms with Crippen LogP contribution in [0.1, 0.15) is 23.7 Å². The van der Waals surface area contributed by atoms with Crippen molar-refractivity contribution >= 4 is 17.5 Å². The second kappa shape index (κ2) is 9.32. The predicted molar refractivity (Wildman–Crippen MR) is 96.2 cm³/mol. The van der Waals surface area contributed by atoms with Crippen molar-refractivity contribution in [2.24, 2.45) is 0 Å². The van der Waals surface area contributed by atoms with E-state index < -0.39 is 0 Å². The molecule has 2 aromatic carbocycles. The van der Waals surface area contributed by atoms with Gasteiger partial charge in [-0.1, -0.05) is 19.1 Å². The van der Waals surface area contributed by atoms with Crippen molar-refractivity contribution in [3.8, 4) is 11.5 Å². The van der Waals surface area contributed by atoms with E-state index in [4.69, 9.17) is 9.47 Å². The van der Waals surface area contributed by atoms with E-state index in [1.54, 1.807) is 49.6 Å². The highest BCUT2D eigenvalue weighted by Crippen LogP contribution is 2.25. The highest BCUT2D eigenvalue weighted by atomic mass is 16.5. The highest BCUT2D eigenvalue weighted by Gasteiger charge is 2.08. The van der Waals surface area contributed by atoms with Crippen LogP contribution in [0.3, 0.4) is 0 Å². The molecule has 132 valence electrons. The molecule has 2 amide bonds. The lowest BCUT2D eigenvalue weighted by molar-refractivity contribution is -0.118. The van der Waals surface area contributed by atoms with Gasteiger partial charge in [0.15, 0.2) is 18.1 Å². The minimum atomic E-state index is -0.297. The van der Waals surface area contributed by atoms with Crippen LogP contribution in [-0.2, 0) is 4.79 Å². The summed E-state index contributed by atoms with van der Waals surface area (Å²) in [6.45, 7) is 2.49. The fourth-order valence-electron chi connectivity index (χ4n) is 2.12. The fraction of sp³-hybridized carbons (Fsp3) is 0.263. The maximum atomic E-state index is 12.0. The van der Waals surface area contributed by atoms with E-state index >= 15 is 0 Å². The van der Waals surface area contributed by atoms with Gasteiger partial charge in [0.25, 0.3) is 11.8 Å². The molecule has 0 spiro atoms. The van der Waals surface area contributed by atoms with Gasteiger partial charge in [-0.25, -0.2) is 0 Å². The number of carbonyl (C=O) groups excluding carboxylic acids is 2.